The average molecular weight is 640 g/mol. The standard InChI is InChI=1S/C34H37N7O4S/c1-21-12-13-23(33(42)36-27-17-24(34(2,3)4)18-28(32(27)45-5)38-46(6,43)44)16-30(21)40-20-29(37-39-40)26-19-35-41(31(26)22-14-15-22)25-10-8-7-9-11-25/h7-13,16-20,22,38H,14-15H2,1-6H3,(H,36,42). The zero-order valence-electron chi connectivity index (χ0n) is 26.7. The molecular weight excluding hydrogens is 602 g/mol. The van der Waals surface area contributed by atoms with Crippen molar-refractivity contribution in [3.8, 4) is 28.4 Å². The molecule has 2 N–H and O–H groups in total. The van der Waals surface area contributed by atoms with E-state index >= 15 is 0 Å². The number of carbonyl (C=O) groups excluding carboxylic acids is 1. The van der Waals surface area contributed by atoms with Gasteiger partial charge in [-0.05, 0) is 72.7 Å². The number of carbonyl (C=O) groups is 1. The van der Waals surface area contributed by atoms with Crippen LogP contribution in [-0.2, 0) is 15.4 Å². The molecule has 1 amide bonds. The third kappa shape index (κ3) is 6.38. The lowest BCUT2D eigenvalue weighted by Gasteiger charge is -2.24. The third-order valence-electron chi connectivity index (χ3n) is 7.96. The van der Waals surface area contributed by atoms with Crippen LogP contribution in [0.3, 0.4) is 0 Å². The minimum Gasteiger partial charge on any atom is -0.492 e. The van der Waals surface area contributed by atoms with Crippen molar-refractivity contribution in [2.45, 2.75) is 51.9 Å². The molecule has 0 aliphatic heterocycles. The molecule has 12 heteroatoms. The number of hydrogen-bond donors (Lipinski definition) is 2. The van der Waals surface area contributed by atoms with Crippen LogP contribution >= 0.6 is 0 Å². The summed E-state index contributed by atoms with van der Waals surface area (Å²) in [6.45, 7) is 7.96. The lowest BCUT2D eigenvalue weighted by Crippen LogP contribution is -2.18. The predicted molar refractivity (Wildman–Crippen MR) is 179 cm³/mol. The number of hydrogen-bond acceptors (Lipinski definition) is 7. The van der Waals surface area contributed by atoms with Gasteiger partial charge >= 0.3 is 0 Å². The highest BCUT2D eigenvalue weighted by atomic mass is 32.2. The molecule has 11 nitrogen and oxygen atoms in total. The van der Waals surface area contributed by atoms with E-state index in [9.17, 15) is 13.2 Å². The summed E-state index contributed by atoms with van der Waals surface area (Å²) in [6.07, 6.45) is 6.98. The molecule has 0 bridgehead atoms. The third-order valence-corrected chi connectivity index (χ3v) is 8.55. The van der Waals surface area contributed by atoms with Gasteiger partial charge in [0.1, 0.15) is 5.69 Å². The van der Waals surface area contributed by atoms with E-state index in [2.05, 4.69) is 20.4 Å². The zero-order valence-corrected chi connectivity index (χ0v) is 27.5. The van der Waals surface area contributed by atoms with Crippen LogP contribution in [0.25, 0.3) is 22.6 Å². The number of methoxy groups -OCH3 is 1. The number of rotatable bonds is 9. The molecule has 6 rings (SSSR count). The number of ether oxygens (including phenoxy) is 1. The maximum absolute atomic E-state index is 13.7. The largest absolute Gasteiger partial charge is 0.492 e. The number of aromatic nitrogens is 5. The lowest BCUT2D eigenvalue weighted by atomic mass is 9.86. The SMILES string of the molecule is COc1c(NC(=O)c2ccc(C)c(-n3cc(-c4cnn(-c5ccccc5)c4C4CC4)nn3)c2)cc(C(C)(C)C)cc1NS(C)(=O)=O. The predicted octanol–water partition coefficient (Wildman–Crippen LogP) is 6.24. The maximum atomic E-state index is 13.7. The summed E-state index contributed by atoms with van der Waals surface area (Å²) in [5.74, 6) is 0.234. The van der Waals surface area contributed by atoms with Crippen LogP contribution in [0, 0.1) is 6.92 Å². The Balaban J connectivity index is 1.32. The molecular formula is C34H37N7O4S. The second-order valence-corrected chi connectivity index (χ2v) is 14.4. The number of benzene rings is 3. The monoisotopic (exact) mass is 639 g/mol. The molecule has 2 heterocycles. The highest BCUT2D eigenvalue weighted by molar-refractivity contribution is 7.92. The minimum atomic E-state index is -3.61. The topological polar surface area (TPSA) is 133 Å². The van der Waals surface area contributed by atoms with Crippen molar-refractivity contribution in [3.05, 3.63) is 95.4 Å². The Bertz CT molecular complexity index is 2040. The van der Waals surface area contributed by atoms with Crippen LogP contribution in [0.5, 0.6) is 5.75 Å². The van der Waals surface area contributed by atoms with Crippen LogP contribution in [0.15, 0.2) is 73.1 Å². The fourth-order valence-corrected chi connectivity index (χ4v) is 5.98. The molecule has 0 unspecified atom stereocenters. The second kappa shape index (κ2) is 11.8. The van der Waals surface area contributed by atoms with Gasteiger partial charge in [-0.2, -0.15) is 5.10 Å². The molecule has 238 valence electrons. The van der Waals surface area contributed by atoms with Crippen molar-refractivity contribution < 1.29 is 17.9 Å². The molecule has 0 radical (unpaired) electrons. The first-order valence-corrected chi connectivity index (χ1v) is 16.9. The molecule has 3 aromatic carbocycles. The number of anilines is 2. The van der Waals surface area contributed by atoms with Crippen molar-refractivity contribution in [1.29, 1.82) is 0 Å². The second-order valence-electron chi connectivity index (χ2n) is 12.7. The number of para-hydroxylation sites is 1. The molecule has 0 saturated heterocycles. The number of amides is 1. The Kier molecular flexibility index (Phi) is 7.93. The van der Waals surface area contributed by atoms with Gasteiger partial charge in [-0.3, -0.25) is 9.52 Å². The molecule has 0 spiro atoms. The summed E-state index contributed by atoms with van der Waals surface area (Å²) in [7, 11) is -2.18. The van der Waals surface area contributed by atoms with Gasteiger partial charge in [0, 0.05) is 17.0 Å². The summed E-state index contributed by atoms with van der Waals surface area (Å²) in [5, 5.41) is 16.6. The highest BCUT2D eigenvalue weighted by Gasteiger charge is 2.32. The summed E-state index contributed by atoms with van der Waals surface area (Å²) >= 11 is 0. The van der Waals surface area contributed by atoms with E-state index in [1.807, 2.05) is 81.2 Å². The van der Waals surface area contributed by atoms with Gasteiger partial charge < -0.3 is 10.1 Å². The smallest absolute Gasteiger partial charge is 0.255 e. The van der Waals surface area contributed by atoms with Crippen molar-refractivity contribution in [3.63, 3.8) is 0 Å². The molecule has 5 aromatic rings. The zero-order chi connectivity index (χ0) is 32.8. The molecule has 1 fully saturated rings. The van der Waals surface area contributed by atoms with E-state index in [1.54, 1.807) is 28.9 Å². The van der Waals surface area contributed by atoms with Crippen molar-refractivity contribution in [2.75, 3.05) is 23.4 Å². The van der Waals surface area contributed by atoms with Crippen LogP contribution in [0.4, 0.5) is 11.4 Å². The highest BCUT2D eigenvalue weighted by Crippen LogP contribution is 2.45. The Labute approximate surface area is 268 Å². The molecule has 1 saturated carbocycles. The van der Waals surface area contributed by atoms with Gasteiger partial charge in [0.25, 0.3) is 5.91 Å². The number of sulfonamides is 1. The summed E-state index contributed by atoms with van der Waals surface area (Å²) < 4.78 is 36.0. The Morgan fingerprint density at radius 2 is 1.74 bits per heavy atom. The van der Waals surface area contributed by atoms with Crippen LogP contribution in [-0.4, -0.2) is 52.5 Å². The van der Waals surface area contributed by atoms with Gasteiger partial charge in [-0.25, -0.2) is 17.8 Å². The first kappa shape index (κ1) is 31.0. The summed E-state index contributed by atoms with van der Waals surface area (Å²) in [4.78, 5) is 13.7. The number of nitrogens with zero attached hydrogens (tertiary/aromatic N) is 5. The van der Waals surface area contributed by atoms with E-state index in [4.69, 9.17) is 9.84 Å². The number of aryl methyl sites for hydroxylation is 1. The fourth-order valence-electron chi connectivity index (χ4n) is 5.43. The van der Waals surface area contributed by atoms with Crippen molar-refractivity contribution in [2.24, 2.45) is 0 Å². The van der Waals surface area contributed by atoms with Gasteiger partial charge in [-0.15, -0.1) is 5.10 Å². The molecule has 1 aliphatic rings. The Morgan fingerprint density at radius 1 is 1.02 bits per heavy atom. The maximum Gasteiger partial charge on any atom is 0.255 e. The van der Waals surface area contributed by atoms with Crippen molar-refractivity contribution in [1.82, 2.24) is 24.8 Å². The van der Waals surface area contributed by atoms with E-state index in [0.29, 0.717) is 28.6 Å². The van der Waals surface area contributed by atoms with Crippen LogP contribution < -0.4 is 14.8 Å². The minimum absolute atomic E-state index is 0.211. The van der Waals surface area contributed by atoms with Gasteiger partial charge in [-0.1, -0.05) is 50.3 Å². The van der Waals surface area contributed by atoms with Gasteiger partial charge in [0.05, 0.1) is 54.2 Å². The van der Waals surface area contributed by atoms with Gasteiger partial charge in [0.2, 0.25) is 10.0 Å². The molecule has 2 aromatic heterocycles. The normalized spacial score (nSPS) is 13.4. The van der Waals surface area contributed by atoms with Gasteiger partial charge in [0.15, 0.2) is 5.75 Å². The van der Waals surface area contributed by atoms with Crippen molar-refractivity contribution >= 4 is 27.3 Å². The van der Waals surface area contributed by atoms with E-state index < -0.39 is 15.9 Å². The quantitative estimate of drug-likeness (QED) is 0.195. The Morgan fingerprint density at radius 3 is 2.39 bits per heavy atom. The van der Waals surface area contributed by atoms with Crippen LogP contribution in [0.2, 0.25) is 0 Å². The molecule has 1 aliphatic carbocycles. The molecule has 0 atom stereocenters. The Hall–Kier alpha value is -4.97. The van der Waals surface area contributed by atoms with E-state index in [-0.39, 0.29) is 16.9 Å². The summed E-state index contributed by atoms with van der Waals surface area (Å²) in [5.41, 5.74) is 6.82. The number of nitrogens with one attached hydrogen (secondary N) is 2. The first-order valence-electron chi connectivity index (χ1n) is 15.0. The lowest BCUT2D eigenvalue weighted by molar-refractivity contribution is 0.102. The summed E-state index contributed by atoms with van der Waals surface area (Å²) in [6, 6.07) is 18.9. The first-order chi connectivity index (χ1) is 21.8. The van der Waals surface area contributed by atoms with Crippen LogP contribution in [0.1, 0.15) is 66.7 Å². The average Bonchev–Trinajstić information content (AvgIpc) is 3.54. The molecule has 46 heavy (non-hydrogen) atoms. The fraction of sp³-hybridized carbons (Fsp3) is 0.294. The van der Waals surface area contributed by atoms with E-state index in [0.717, 1.165) is 47.2 Å². The van der Waals surface area contributed by atoms with E-state index in [1.165, 1.54) is 7.11 Å².